The van der Waals surface area contributed by atoms with Crippen LogP contribution in [0.1, 0.15) is 19.3 Å². The Balaban J connectivity index is 3.44. The molecule has 0 aliphatic heterocycles. The first kappa shape index (κ1) is 11.1. The van der Waals surface area contributed by atoms with E-state index in [9.17, 15) is 4.79 Å². The fourth-order valence-corrected chi connectivity index (χ4v) is 0.695. The van der Waals surface area contributed by atoms with Crippen molar-refractivity contribution in [3.05, 3.63) is 12.2 Å². The molecule has 4 nitrogen and oxygen atoms in total. The quantitative estimate of drug-likeness (QED) is 0.501. The first-order valence-electron chi connectivity index (χ1n) is 3.84. The van der Waals surface area contributed by atoms with Crippen molar-refractivity contribution in [3.8, 4) is 0 Å². The van der Waals surface area contributed by atoms with Crippen molar-refractivity contribution in [1.29, 1.82) is 0 Å². The van der Waals surface area contributed by atoms with Crippen LogP contribution in [0, 0.1) is 0 Å². The number of aliphatic hydroxyl groups is 2. The Labute approximate surface area is 71.1 Å². The van der Waals surface area contributed by atoms with Crippen LogP contribution in [0.2, 0.25) is 0 Å². The van der Waals surface area contributed by atoms with Crippen molar-refractivity contribution >= 4 is 5.97 Å². The van der Waals surface area contributed by atoms with Gasteiger partial charge in [0.15, 0.2) is 0 Å². The molecule has 0 saturated carbocycles. The number of carboxylic acids is 1. The minimum Gasteiger partial charge on any atom is -0.481 e. The Bertz CT molecular complexity index is 153. The minimum atomic E-state index is -0.912. The summed E-state index contributed by atoms with van der Waals surface area (Å²) < 4.78 is 0. The van der Waals surface area contributed by atoms with Gasteiger partial charge in [0.05, 0.1) is 6.10 Å². The number of hydrogen-bond donors (Lipinski definition) is 3. The van der Waals surface area contributed by atoms with Crippen LogP contribution in [0.25, 0.3) is 0 Å². The van der Waals surface area contributed by atoms with Crippen LogP contribution in [-0.2, 0) is 4.79 Å². The number of carboxylic acid groups (broad SMARTS) is 1. The van der Waals surface area contributed by atoms with E-state index in [4.69, 9.17) is 15.3 Å². The van der Waals surface area contributed by atoms with Crippen molar-refractivity contribution in [2.75, 3.05) is 6.61 Å². The van der Waals surface area contributed by atoms with Crippen LogP contribution in [-0.4, -0.2) is 34.0 Å². The standard InChI is InChI=1S/C8H14O4/c9-6-2-1-3-7(10)4-5-8(11)12/h1,3,7,9-10H,2,4-6H2,(H,11,12)/b3-1-. The molecule has 0 saturated heterocycles. The highest BCUT2D eigenvalue weighted by atomic mass is 16.4. The van der Waals surface area contributed by atoms with E-state index < -0.39 is 12.1 Å². The van der Waals surface area contributed by atoms with Gasteiger partial charge in [-0.3, -0.25) is 4.79 Å². The largest absolute Gasteiger partial charge is 0.481 e. The average Bonchev–Trinajstić information content (AvgIpc) is 2.01. The highest BCUT2D eigenvalue weighted by Crippen LogP contribution is 1.99. The summed E-state index contributed by atoms with van der Waals surface area (Å²) in [5.74, 6) is -0.912. The van der Waals surface area contributed by atoms with Crippen LogP contribution in [0.3, 0.4) is 0 Å². The van der Waals surface area contributed by atoms with Gasteiger partial charge in [0.25, 0.3) is 0 Å². The molecule has 0 bridgehead atoms. The summed E-state index contributed by atoms with van der Waals surface area (Å²) in [6, 6.07) is 0. The van der Waals surface area contributed by atoms with E-state index in [0.29, 0.717) is 6.42 Å². The van der Waals surface area contributed by atoms with Crippen molar-refractivity contribution in [2.24, 2.45) is 0 Å². The van der Waals surface area contributed by atoms with E-state index in [1.54, 1.807) is 6.08 Å². The summed E-state index contributed by atoms with van der Waals surface area (Å²) in [4.78, 5) is 10.1. The minimum absolute atomic E-state index is 0.0371. The predicted molar refractivity (Wildman–Crippen MR) is 43.7 cm³/mol. The molecule has 0 heterocycles. The zero-order chi connectivity index (χ0) is 9.40. The van der Waals surface area contributed by atoms with Crippen LogP contribution in [0.4, 0.5) is 0 Å². The van der Waals surface area contributed by atoms with Gasteiger partial charge in [0.2, 0.25) is 0 Å². The maximum atomic E-state index is 10.1. The Kier molecular flexibility index (Phi) is 6.32. The average molecular weight is 174 g/mol. The van der Waals surface area contributed by atoms with Gasteiger partial charge >= 0.3 is 5.97 Å². The second-order valence-electron chi connectivity index (χ2n) is 2.44. The zero-order valence-corrected chi connectivity index (χ0v) is 6.81. The number of carbonyl (C=O) groups is 1. The summed E-state index contributed by atoms with van der Waals surface area (Å²) in [7, 11) is 0. The van der Waals surface area contributed by atoms with Crippen molar-refractivity contribution in [2.45, 2.75) is 25.4 Å². The van der Waals surface area contributed by atoms with Crippen molar-refractivity contribution in [1.82, 2.24) is 0 Å². The number of rotatable bonds is 6. The van der Waals surface area contributed by atoms with Gasteiger partial charge in [-0.05, 0) is 12.8 Å². The van der Waals surface area contributed by atoms with Crippen LogP contribution in [0.15, 0.2) is 12.2 Å². The van der Waals surface area contributed by atoms with Crippen molar-refractivity contribution in [3.63, 3.8) is 0 Å². The van der Waals surface area contributed by atoms with Gasteiger partial charge in [-0.1, -0.05) is 12.2 Å². The number of aliphatic carboxylic acids is 1. The normalized spacial score (nSPS) is 13.5. The lowest BCUT2D eigenvalue weighted by atomic mass is 10.2. The Morgan fingerprint density at radius 1 is 1.50 bits per heavy atom. The molecule has 0 radical (unpaired) electrons. The lowest BCUT2D eigenvalue weighted by Crippen LogP contribution is -2.06. The van der Waals surface area contributed by atoms with E-state index in [-0.39, 0.29) is 19.4 Å². The molecule has 0 rings (SSSR count). The van der Waals surface area contributed by atoms with Crippen molar-refractivity contribution < 1.29 is 20.1 Å². The first-order chi connectivity index (χ1) is 5.66. The van der Waals surface area contributed by atoms with Gasteiger partial charge in [-0.2, -0.15) is 0 Å². The summed E-state index contributed by atoms with van der Waals surface area (Å²) >= 11 is 0. The third-order valence-corrected chi connectivity index (χ3v) is 1.31. The molecular formula is C8H14O4. The summed E-state index contributed by atoms with van der Waals surface area (Å²) in [6.45, 7) is 0.0438. The predicted octanol–water partition coefficient (Wildman–Crippen LogP) is 0.151. The van der Waals surface area contributed by atoms with E-state index >= 15 is 0 Å². The summed E-state index contributed by atoms with van der Waals surface area (Å²) in [5.41, 5.74) is 0. The molecule has 0 aromatic heterocycles. The fraction of sp³-hybridized carbons (Fsp3) is 0.625. The lowest BCUT2D eigenvalue weighted by molar-refractivity contribution is -0.137. The third kappa shape index (κ3) is 7.24. The Hall–Kier alpha value is -0.870. The van der Waals surface area contributed by atoms with E-state index in [2.05, 4.69) is 0 Å². The molecule has 0 amide bonds. The van der Waals surface area contributed by atoms with Crippen LogP contribution >= 0.6 is 0 Å². The van der Waals surface area contributed by atoms with Crippen LogP contribution < -0.4 is 0 Å². The topological polar surface area (TPSA) is 77.8 Å². The second-order valence-corrected chi connectivity index (χ2v) is 2.44. The van der Waals surface area contributed by atoms with E-state index in [1.165, 1.54) is 6.08 Å². The van der Waals surface area contributed by atoms with Crippen LogP contribution in [0.5, 0.6) is 0 Å². The number of hydrogen-bond acceptors (Lipinski definition) is 3. The zero-order valence-electron chi connectivity index (χ0n) is 6.81. The lowest BCUT2D eigenvalue weighted by Gasteiger charge is -2.01. The highest BCUT2D eigenvalue weighted by Gasteiger charge is 2.02. The molecule has 0 aromatic rings. The fourth-order valence-electron chi connectivity index (χ4n) is 0.695. The molecular weight excluding hydrogens is 160 g/mol. The monoisotopic (exact) mass is 174 g/mol. The van der Waals surface area contributed by atoms with Gasteiger partial charge in [0, 0.05) is 13.0 Å². The summed E-state index contributed by atoms with van der Waals surface area (Å²) in [5, 5.41) is 25.7. The molecule has 0 aliphatic carbocycles. The molecule has 1 unspecified atom stereocenters. The smallest absolute Gasteiger partial charge is 0.303 e. The maximum Gasteiger partial charge on any atom is 0.303 e. The second kappa shape index (κ2) is 6.82. The third-order valence-electron chi connectivity index (χ3n) is 1.31. The summed E-state index contributed by atoms with van der Waals surface area (Å²) in [6.07, 6.45) is 3.09. The maximum absolute atomic E-state index is 10.1. The molecule has 0 aromatic carbocycles. The molecule has 4 heteroatoms. The number of aliphatic hydroxyl groups excluding tert-OH is 2. The van der Waals surface area contributed by atoms with Gasteiger partial charge in [-0.15, -0.1) is 0 Å². The van der Waals surface area contributed by atoms with E-state index in [0.717, 1.165) is 0 Å². The molecule has 12 heavy (non-hydrogen) atoms. The SMILES string of the molecule is O=C(O)CCC(O)/C=C\CCO. The molecule has 70 valence electrons. The molecule has 3 N–H and O–H groups in total. The first-order valence-corrected chi connectivity index (χ1v) is 3.84. The molecule has 0 spiro atoms. The highest BCUT2D eigenvalue weighted by molar-refractivity contribution is 5.66. The van der Waals surface area contributed by atoms with Gasteiger partial charge < -0.3 is 15.3 Å². The molecule has 1 atom stereocenters. The Morgan fingerprint density at radius 2 is 2.17 bits per heavy atom. The Morgan fingerprint density at radius 3 is 2.67 bits per heavy atom. The molecule has 0 fully saturated rings. The van der Waals surface area contributed by atoms with Gasteiger partial charge in [-0.25, -0.2) is 0 Å². The van der Waals surface area contributed by atoms with E-state index in [1.807, 2.05) is 0 Å². The molecule has 0 aliphatic rings. The van der Waals surface area contributed by atoms with Gasteiger partial charge in [0.1, 0.15) is 0 Å².